The first-order valence-electron chi connectivity index (χ1n) is 6.94. The van der Waals surface area contributed by atoms with E-state index < -0.39 is 0 Å². The van der Waals surface area contributed by atoms with Gasteiger partial charge in [-0.1, -0.05) is 19.9 Å². The van der Waals surface area contributed by atoms with Crippen LogP contribution in [0.25, 0.3) is 0 Å². The number of hydrazone groups is 1. The molecule has 2 rings (SSSR count). The van der Waals surface area contributed by atoms with E-state index in [-0.39, 0.29) is 0 Å². The van der Waals surface area contributed by atoms with Crippen molar-refractivity contribution in [3.8, 4) is 0 Å². The summed E-state index contributed by atoms with van der Waals surface area (Å²) in [5.41, 5.74) is 6.61. The first-order chi connectivity index (χ1) is 9.58. The third-order valence-electron chi connectivity index (χ3n) is 3.21. The normalized spacial score (nSPS) is 11.4. The van der Waals surface area contributed by atoms with Crippen LogP contribution in [0.15, 0.2) is 35.6 Å². The lowest BCUT2D eigenvalue weighted by molar-refractivity contribution is 0.509. The monoisotopic (exact) mass is 270 g/mol. The third-order valence-corrected chi connectivity index (χ3v) is 3.21. The lowest BCUT2D eigenvalue weighted by Crippen LogP contribution is -2.08. The second kappa shape index (κ2) is 6.37. The molecule has 0 aliphatic heterocycles. The third kappa shape index (κ3) is 3.47. The molecule has 0 saturated carbocycles. The Morgan fingerprint density at radius 3 is 2.80 bits per heavy atom. The number of nitrogens with one attached hydrogen (secondary N) is 1. The first-order valence-corrected chi connectivity index (χ1v) is 6.94. The molecular formula is C16H22N4. The summed E-state index contributed by atoms with van der Waals surface area (Å²) in [7, 11) is 0. The summed E-state index contributed by atoms with van der Waals surface area (Å²) in [5, 5.41) is 4.26. The highest BCUT2D eigenvalue weighted by Gasteiger charge is 2.08. The van der Waals surface area contributed by atoms with E-state index in [4.69, 9.17) is 0 Å². The molecular weight excluding hydrogens is 248 g/mol. The van der Waals surface area contributed by atoms with Crippen molar-refractivity contribution in [1.29, 1.82) is 0 Å². The molecule has 2 aromatic heterocycles. The highest BCUT2D eigenvalue weighted by Crippen LogP contribution is 2.15. The fourth-order valence-corrected chi connectivity index (χ4v) is 2.20. The summed E-state index contributed by atoms with van der Waals surface area (Å²) in [4.78, 5) is 4.16. The van der Waals surface area contributed by atoms with E-state index in [1.165, 1.54) is 11.4 Å². The predicted molar refractivity (Wildman–Crippen MR) is 84.2 cm³/mol. The van der Waals surface area contributed by atoms with E-state index >= 15 is 0 Å². The van der Waals surface area contributed by atoms with Crippen LogP contribution in [-0.2, 0) is 6.54 Å². The topological polar surface area (TPSA) is 42.2 Å². The van der Waals surface area contributed by atoms with E-state index in [2.05, 4.69) is 53.8 Å². The molecule has 4 nitrogen and oxygen atoms in total. The fraction of sp³-hybridized carbons (Fsp3) is 0.375. The van der Waals surface area contributed by atoms with E-state index in [0.717, 1.165) is 17.9 Å². The zero-order valence-electron chi connectivity index (χ0n) is 12.6. The maximum Gasteiger partial charge on any atom is 0.146 e. The number of aromatic nitrogens is 2. The molecule has 0 atom stereocenters. The number of nitrogens with zero attached hydrogens (tertiary/aromatic N) is 3. The summed E-state index contributed by atoms with van der Waals surface area (Å²) < 4.78 is 2.34. The minimum absolute atomic E-state index is 0.635. The van der Waals surface area contributed by atoms with Gasteiger partial charge in [0.25, 0.3) is 0 Å². The lowest BCUT2D eigenvalue weighted by atomic mass is 10.2. The molecule has 0 aliphatic rings. The molecule has 4 heteroatoms. The Labute approximate surface area is 120 Å². The standard InChI is InChI=1S/C16H22N4/c1-12(2)11-20-13(3)9-15(14(20)4)10-18-19-16-7-5-6-8-17-16/h5-10,12H,11H2,1-4H3,(H,17,19). The van der Waals surface area contributed by atoms with Gasteiger partial charge in [-0.3, -0.25) is 5.43 Å². The maximum absolute atomic E-state index is 4.26. The van der Waals surface area contributed by atoms with Crippen LogP contribution in [-0.4, -0.2) is 15.8 Å². The summed E-state index contributed by atoms with van der Waals surface area (Å²) in [6.07, 6.45) is 3.60. The predicted octanol–water partition coefficient (Wildman–Crippen LogP) is 3.60. The van der Waals surface area contributed by atoms with Gasteiger partial charge in [0, 0.05) is 29.7 Å². The summed E-state index contributed by atoms with van der Waals surface area (Å²) in [6, 6.07) is 7.87. The second-order valence-corrected chi connectivity index (χ2v) is 5.42. The van der Waals surface area contributed by atoms with Crippen molar-refractivity contribution < 1.29 is 0 Å². The van der Waals surface area contributed by atoms with Crippen LogP contribution in [0.1, 0.15) is 30.8 Å². The number of anilines is 1. The number of hydrogen-bond acceptors (Lipinski definition) is 3. The minimum atomic E-state index is 0.635. The lowest BCUT2D eigenvalue weighted by Gasteiger charge is -2.11. The van der Waals surface area contributed by atoms with E-state index in [9.17, 15) is 0 Å². The Balaban J connectivity index is 2.10. The van der Waals surface area contributed by atoms with Crippen LogP contribution in [0.3, 0.4) is 0 Å². The van der Waals surface area contributed by atoms with Gasteiger partial charge < -0.3 is 4.57 Å². The van der Waals surface area contributed by atoms with Crippen molar-refractivity contribution >= 4 is 12.0 Å². The van der Waals surface area contributed by atoms with Gasteiger partial charge in [-0.05, 0) is 38.0 Å². The molecule has 0 unspecified atom stereocenters. The molecule has 20 heavy (non-hydrogen) atoms. The number of pyridine rings is 1. The van der Waals surface area contributed by atoms with Crippen LogP contribution in [0.4, 0.5) is 5.82 Å². The molecule has 0 amide bonds. The number of aryl methyl sites for hydroxylation is 1. The second-order valence-electron chi connectivity index (χ2n) is 5.42. The van der Waals surface area contributed by atoms with Crippen molar-refractivity contribution in [2.75, 3.05) is 5.43 Å². The molecule has 106 valence electrons. The largest absolute Gasteiger partial charge is 0.348 e. The van der Waals surface area contributed by atoms with Gasteiger partial charge in [-0.2, -0.15) is 5.10 Å². The average Bonchev–Trinajstić information content (AvgIpc) is 2.67. The Bertz CT molecular complexity index is 582. The molecule has 2 aromatic rings. The van der Waals surface area contributed by atoms with Crippen LogP contribution >= 0.6 is 0 Å². The fourth-order valence-electron chi connectivity index (χ4n) is 2.20. The van der Waals surface area contributed by atoms with Gasteiger partial charge in [0.05, 0.1) is 6.21 Å². The number of hydrogen-bond donors (Lipinski definition) is 1. The Hall–Kier alpha value is -2.10. The number of rotatable bonds is 5. The summed E-state index contributed by atoms with van der Waals surface area (Å²) in [6.45, 7) is 9.78. The zero-order valence-corrected chi connectivity index (χ0v) is 12.6. The van der Waals surface area contributed by atoms with Gasteiger partial charge in [0.2, 0.25) is 0 Å². The SMILES string of the molecule is Cc1cc(C=NNc2ccccn2)c(C)n1CC(C)C. The van der Waals surface area contributed by atoms with E-state index in [1.54, 1.807) is 6.20 Å². The van der Waals surface area contributed by atoms with Crippen molar-refractivity contribution in [2.24, 2.45) is 11.0 Å². The molecule has 0 aromatic carbocycles. The quantitative estimate of drug-likeness (QED) is 0.666. The molecule has 0 spiro atoms. The summed E-state index contributed by atoms with van der Waals surface area (Å²) in [5.74, 6) is 1.39. The molecule has 0 radical (unpaired) electrons. The summed E-state index contributed by atoms with van der Waals surface area (Å²) >= 11 is 0. The molecule has 0 fully saturated rings. The van der Waals surface area contributed by atoms with Crippen molar-refractivity contribution in [3.05, 3.63) is 47.4 Å². The molecule has 0 bridgehead atoms. The molecule has 1 N–H and O–H groups in total. The minimum Gasteiger partial charge on any atom is -0.348 e. The molecule has 0 aliphatic carbocycles. The van der Waals surface area contributed by atoms with Gasteiger partial charge >= 0.3 is 0 Å². The molecule has 0 saturated heterocycles. The highest BCUT2D eigenvalue weighted by atomic mass is 15.3. The Morgan fingerprint density at radius 1 is 1.35 bits per heavy atom. The van der Waals surface area contributed by atoms with Gasteiger partial charge in [0.1, 0.15) is 5.82 Å². The van der Waals surface area contributed by atoms with Crippen LogP contribution < -0.4 is 5.43 Å². The van der Waals surface area contributed by atoms with Gasteiger partial charge in [-0.25, -0.2) is 4.98 Å². The van der Waals surface area contributed by atoms with E-state index in [1.807, 2.05) is 24.4 Å². The Morgan fingerprint density at radius 2 is 2.15 bits per heavy atom. The van der Waals surface area contributed by atoms with E-state index in [0.29, 0.717) is 5.92 Å². The van der Waals surface area contributed by atoms with Crippen molar-refractivity contribution in [2.45, 2.75) is 34.2 Å². The first kappa shape index (κ1) is 14.3. The van der Waals surface area contributed by atoms with Gasteiger partial charge in [-0.15, -0.1) is 0 Å². The zero-order chi connectivity index (χ0) is 14.5. The van der Waals surface area contributed by atoms with Crippen LogP contribution in [0, 0.1) is 19.8 Å². The maximum atomic E-state index is 4.26. The van der Waals surface area contributed by atoms with Crippen molar-refractivity contribution in [1.82, 2.24) is 9.55 Å². The van der Waals surface area contributed by atoms with Gasteiger partial charge in [0.15, 0.2) is 0 Å². The van der Waals surface area contributed by atoms with Crippen molar-refractivity contribution in [3.63, 3.8) is 0 Å². The smallest absolute Gasteiger partial charge is 0.146 e. The van der Waals surface area contributed by atoms with Crippen LogP contribution in [0.2, 0.25) is 0 Å². The average molecular weight is 270 g/mol. The highest BCUT2D eigenvalue weighted by molar-refractivity contribution is 5.82. The molecule has 2 heterocycles. The van der Waals surface area contributed by atoms with Crippen LogP contribution in [0.5, 0.6) is 0 Å². The Kier molecular flexibility index (Phi) is 4.56.